The van der Waals surface area contributed by atoms with Gasteiger partial charge in [0.15, 0.2) is 0 Å². The Labute approximate surface area is 115 Å². The molecule has 0 saturated carbocycles. The number of amides is 1. The van der Waals surface area contributed by atoms with Crippen LogP contribution in [0.5, 0.6) is 0 Å². The van der Waals surface area contributed by atoms with E-state index >= 15 is 0 Å². The highest BCUT2D eigenvalue weighted by Crippen LogP contribution is 2.20. The summed E-state index contributed by atoms with van der Waals surface area (Å²) < 4.78 is 10.3. The molecule has 5 nitrogen and oxygen atoms in total. The molecule has 1 heterocycles. The van der Waals surface area contributed by atoms with Crippen LogP contribution in [0.25, 0.3) is 0 Å². The summed E-state index contributed by atoms with van der Waals surface area (Å²) >= 11 is 0. The number of hydrogen-bond acceptors (Lipinski definition) is 4. The Bertz CT molecular complexity index is 322. The highest BCUT2D eigenvalue weighted by Gasteiger charge is 2.23. The molecule has 5 heteroatoms. The van der Waals surface area contributed by atoms with Gasteiger partial charge in [-0.05, 0) is 46.0 Å². The molecule has 1 aliphatic rings. The van der Waals surface area contributed by atoms with Gasteiger partial charge in [0.25, 0.3) is 0 Å². The number of esters is 1. The van der Waals surface area contributed by atoms with Crippen LogP contribution in [-0.2, 0) is 14.3 Å². The number of hydrogen-bond donors (Lipinski definition) is 1. The second-order valence-electron chi connectivity index (χ2n) is 6.22. The van der Waals surface area contributed by atoms with Crippen molar-refractivity contribution in [1.82, 2.24) is 5.32 Å². The van der Waals surface area contributed by atoms with E-state index in [1.165, 1.54) is 0 Å². The van der Waals surface area contributed by atoms with Gasteiger partial charge in [0.2, 0.25) is 0 Å². The van der Waals surface area contributed by atoms with Crippen LogP contribution in [0.4, 0.5) is 4.79 Å². The molecule has 2 atom stereocenters. The fourth-order valence-corrected chi connectivity index (χ4v) is 1.93. The van der Waals surface area contributed by atoms with Crippen molar-refractivity contribution in [2.24, 2.45) is 5.92 Å². The molecule has 1 N–H and O–H groups in total. The summed E-state index contributed by atoms with van der Waals surface area (Å²) in [6, 6.07) is 0. The fraction of sp³-hybridized carbons (Fsp3) is 0.857. The number of alkyl carbamates (subject to hydrolysis) is 1. The number of cyclic esters (lactones) is 1. The van der Waals surface area contributed by atoms with Crippen molar-refractivity contribution in [3.63, 3.8) is 0 Å². The highest BCUT2D eigenvalue weighted by atomic mass is 16.6. The smallest absolute Gasteiger partial charge is 0.407 e. The second kappa shape index (κ2) is 6.78. The minimum absolute atomic E-state index is 0.0662. The number of carbonyl (C=O) groups excluding carboxylic acids is 2. The molecule has 0 aliphatic carbocycles. The minimum Gasteiger partial charge on any atom is -0.462 e. The largest absolute Gasteiger partial charge is 0.462 e. The van der Waals surface area contributed by atoms with Gasteiger partial charge < -0.3 is 14.8 Å². The molecule has 1 amide bonds. The zero-order chi connectivity index (χ0) is 14.5. The molecular weight excluding hydrogens is 246 g/mol. The summed E-state index contributed by atoms with van der Waals surface area (Å²) in [7, 11) is 0. The van der Waals surface area contributed by atoms with Gasteiger partial charge in [0.1, 0.15) is 11.7 Å². The number of carbonyl (C=O) groups is 2. The van der Waals surface area contributed by atoms with Crippen LogP contribution in [0, 0.1) is 5.92 Å². The van der Waals surface area contributed by atoms with Crippen LogP contribution < -0.4 is 5.32 Å². The van der Waals surface area contributed by atoms with Crippen LogP contribution >= 0.6 is 0 Å². The maximum Gasteiger partial charge on any atom is 0.407 e. The van der Waals surface area contributed by atoms with E-state index < -0.39 is 5.60 Å². The van der Waals surface area contributed by atoms with Gasteiger partial charge >= 0.3 is 12.1 Å². The van der Waals surface area contributed by atoms with Gasteiger partial charge in [-0.15, -0.1) is 0 Å². The van der Waals surface area contributed by atoms with Gasteiger partial charge in [-0.25, -0.2) is 4.79 Å². The Morgan fingerprint density at radius 2 is 2.21 bits per heavy atom. The Morgan fingerprint density at radius 1 is 1.53 bits per heavy atom. The predicted molar refractivity (Wildman–Crippen MR) is 71.7 cm³/mol. The van der Waals surface area contributed by atoms with E-state index in [1.54, 1.807) is 0 Å². The molecule has 1 rings (SSSR count). The monoisotopic (exact) mass is 271 g/mol. The molecule has 0 bridgehead atoms. The second-order valence-corrected chi connectivity index (χ2v) is 6.22. The molecule has 0 aromatic heterocycles. The number of nitrogens with one attached hydrogen (secondary N) is 1. The van der Waals surface area contributed by atoms with E-state index in [4.69, 9.17) is 9.47 Å². The number of rotatable bonds is 5. The molecule has 1 fully saturated rings. The van der Waals surface area contributed by atoms with E-state index in [0.29, 0.717) is 18.9 Å². The first-order valence-corrected chi connectivity index (χ1v) is 6.92. The van der Waals surface area contributed by atoms with Crippen LogP contribution in [0.1, 0.15) is 53.4 Å². The molecule has 1 aliphatic heterocycles. The minimum atomic E-state index is -0.467. The quantitative estimate of drug-likeness (QED) is 0.781. The lowest BCUT2D eigenvalue weighted by atomic mass is 10.0. The summed E-state index contributed by atoms with van der Waals surface area (Å²) in [5, 5.41) is 2.75. The van der Waals surface area contributed by atoms with Crippen molar-refractivity contribution in [2.45, 2.75) is 65.1 Å². The lowest BCUT2D eigenvalue weighted by molar-refractivity contribution is -0.141. The van der Waals surface area contributed by atoms with Crippen molar-refractivity contribution in [1.29, 1.82) is 0 Å². The normalized spacial score (nSPS) is 20.8. The van der Waals surface area contributed by atoms with E-state index in [2.05, 4.69) is 12.2 Å². The predicted octanol–water partition coefficient (Wildman–Crippen LogP) is 2.63. The molecule has 0 aromatic carbocycles. The van der Waals surface area contributed by atoms with Crippen molar-refractivity contribution in [2.75, 3.05) is 6.54 Å². The molecular formula is C14H25NO4. The van der Waals surface area contributed by atoms with Crippen molar-refractivity contribution >= 4 is 12.1 Å². The summed E-state index contributed by atoms with van der Waals surface area (Å²) in [6.07, 6.45) is 2.83. The molecule has 0 radical (unpaired) electrons. The Hall–Kier alpha value is -1.26. The van der Waals surface area contributed by atoms with Crippen LogP contribution in [0.15, 0.2) is 0 Å². The van der Waals surface area contributed by atoms with E-state index in [9.17, 15) is 9.59 Å². The zero-order valence-electron chi connectivity index (χ0n) is 12.3. The maximum atomic E-state index is 11.5. The average molecular weight is 271 g/mol. The summed E-state index contributed by atoms with van der Waals surface area (Å²) in [5.41, 5.74) is -0.467. The highest BCUT2D eigenvalue weighted by molar-refractivity contribution is 5.71. The van der Waals surface area contributed by atoms with Crippen molar-refractivity contribution in [3.8, 4) is 0 Å². The molecule has 110 valence electrons. The average Bonchev–Trinajstić information content (AvgIpc) is 2.67. The number of ether oxygens (including phenoxy) is 2. The van der Waals surface area contributed by atoms with Crippen LogP contribution in [0.2, 0.25) is 0 Å². The maximum absolute atomic E-state index is 11.5. The summed E-state index contributed by atoms with van der Waals surface area (Å²) in [6.45, 7) is 8.16. The third-order valence-corrected chi connectivity index (χ3v) is 2.94. The van der Waals surface area contributed by atoms with Crippen molar-refractivity contribution in [3.05, 3.63) is 0 Å². The molecule has 0 spiro atoms. The molecule has 0 unspecified atom stereocenters. The van der Waals surface area contributed by atoms with Gasteiger partial charge in [0, 0.05) is 13.0 Å². The van der Waals surface area contributed by atoms with Crippen LogP contribution in [-0.4, -0.2) is 30.3 Å². The van der Waals surface area contributed by atoms with Crippen molar-refractivity contribution < 1.29 is 19.1 Å². The Morgan fingerprint density at radius 3 is 2.74 bits per heavy atom. The van der Waals surface area contributed by atoms with Gasteiger partial charge in [-0.2, -0.15) is 0 Å². The first-order valence-electron chi connectivity index (χ1n) is 6.92. The third kappa shape index (κ3) is 7.03. The third-order valence-electron chi connectivity index (χ3n) is 2.94. The molecule has 0 aromatic rings. The Balaban J connectivity index is 2.12. The lowest BCUT2D eigenvalue weighted by Crippen LogP contribution is -2.34. The molecule has 19 heavy (non-hydrogen) atoms. The van der Waals surface area contributed by atoms with E-state index in [1.807, 2.05) is 20.8 Å². The first-order chi connectivity index (χ1) is 8.76. The topological polar surface area (TPSA) is 64.6 Å². The Kier molecular flexibility index (Phi) is 5.63. The van der Waals surface area contributed by atoms with Crippen LogP contribution in [0.3, 0.4) is 0 Å². The standard InChI is InChI=1S/C14H25NO4/c1-10(5-6-11-7-8-12(16)18-11)9-15-13(17)19-14(2,3)4/h10-11H,5-9H2,1-4H3,(H,15,17)/t10-,11-/m0/s1. The summed E-state index contributed by atoms with van der Waals surface area (Å²) in [4.78, 5) is 22.4. The van der Waals surface area contributed by atoms with E-state index in [-0.39, 0.29) is 18.2 Å². The van der Waals surface area contributed by atoms with Gasteiger partial charge in [0.05, 0.1) is 0 Å². The van der Waals surface area contributed by atoms with Gasteiger partial charge in [-0.3, -0.25) is 4.79 Å². The van der Waals surface area contributed by atoms with Gasteiger partial charge in [-0.1, -0.05) is 6.92 Å². The first kappa shape index (κ1) is 15.8. The molecule has 1 saturated heterocycles. The fourth-order valence-electron chi connectivity index (χ4n) is 1.93. The summed E-state index contributed by atoms with van der Waals surface area (Å²) in [5.74, 6) is 0.247. The lowest BCUT2D eigenvalue weighted by Gasteiger charge is -2.21. The SMILES string of the molecule is C[C@@H](CC[C@H]1CCC(=O)O1)CNC(=O)OC(C)(C)C. The van der Waals surface area contributed by atoms with E-state index in [0.717, 1.165) is 19.3 Å². The zero-order valence-corrected chi connectivity index (χ0v) is 12.3.